The average Bonchev–Trinajstić information content (AvgIpc) is 2.54. The number of hydrogen-bond acceptors (Lipinski definition) is 3. The minimum Gasteiger partial charge on any atom is -0.494 e. The third-order valence-corrected chi connectivity index (χ3v) is 4.44. The highest BCUT2D eigenvalue weighted by Crippen LogP contribution is 2.25. The number of methoxy groups -OCH3 is 1. The van der Waals surface area contributed by atoms with E-state index in [2.05, 4.69) is 25.7 Å². The fourth-order valence-electron chi connectivity index (χ4n) is 3.14. The smallest absolute Gasteiger partial charge is 0.260 e. The Morgan fingerprint density at radius 2 is 2.04 bits per heavy atom. The summed E-state index contributed by atoms with van der Waals surface area (Å²) in [6.45, 7) is 7.92. The van der Waals surface area contributed by atoms with E-state index in [1.54, 1.807) is 0 Å². The molecule has 1 aromatic carbocycles. The highest BCUT2D eigenvalue weighted by atomic mass is 19.1. The first-order chi connectivity index (χ1) is 10.9. The molecule has 0 saturated carbocycles. The maximum atomic E-state index is 14.3. The Kier molecular flexibility index (Phi) is 5.57. The van der Waals surface area contributed by atoms with Gasteiger partial charge in [0.1, 0.15) is 11.4 Å². The third kappa shape index (κ3) is 3.47. The topological polar surface area (TPSA) is 32.8 Å². The Balaban J connectivity index is 2.25. The maximum Gasteiger partial charge on any atom is 0.260 e. The number of carbonyl (C=O) groups excluding carboxylic acids is 1. The van der Waals surface area contributed by atoms with Crippen LogP contribution in [0.15, 0.2) is 12.1 Å². The molecule has 1 aliphatic rings. The van der Waals surface area contributed by atoms with Crippen LogP contribution in [0, 0.1) is 11.6 Å². The van der Waals surface area contributed by atoms with Crippen molar-refractivity contribution in [2.24, 2.45) is 0 Å². The summed E-state index contributed by atoms with van der Waals surface area (Å²) in [5.41, 5.74) is -0.530. The number of piperazine rings is 1. The Bertz CT molecular complexity index is 578. The van der Waals surface area contributed by atoms with Crippen LogP contribution in [0.25, 0.3) is 0 Å². The fourth-order valence-corrected chi connectivity index (χ4v) is 3.14. The van der Waals surface area contributed by atoms with Crippen molar-refractivity contribution in [2.45, 2.75) is 39.3 Å². The van der Waals surface area contributed by atoms with Crippen molar-refractivity contribution in [3.05, 3.63) is 29.3 Å². The first-order valence-corrected chi connectivity index (χ1v) is 7.97. The highest BCUT2D eigenvalue weighted by molar-refractivity contribution is 5.95. The van der Waals surface area contributed by atoms with E-state index < -0.39 is 23.1 Å². The first-order valence-electron chi connectivity index (χ1n) is 7.97. The Morgan fingerprint density at radius 1 is 1.35 bits per heavy atom. The monoisotopic (exact) mass is 326 g/mol. The number of ether oxygens (including phenoxy) is 1. The van der Waals surface area contributed by atoms with E-state index in [0.717, 1.165) is 12.5 Å². The molecule has 2 rings (SSSR count). The zero-order valence-electron chi connectivity index (χ0n) is 14.1. The van der Waals surface area contributed by atoms with Gasteiger partial charge in [-0.05, 0) is 32.4 Å². The van der Waals surface area contributed by atoms with Crippen molar-refractivity contribution in [3.63, 3.8) is 0 Å². The standard InChI is InChI=1S/C17H24F2N2O2/c1-5-12-10-20(8-9-21(12)11(2)3)17(22)15-13(18)6-7-14(23-4)16(15)19/h6-7,11-12H,5,8-10H2,1-4H3/t12-/m0/s1. The molecule has 0 spiro atoms. The molecule has 0 aromatic heterocycles. The molecule has 0 unspecified atom stereocenters. The van der Waals surface area contributed by atoms with Crippen LogP contribution in [0.2, 0.25) is 0 Å². The van der Waals surface area contributed by atoms with E-state index >= 15 is 0 Å². The highest BCUT2D eigenvalue weighted by Gasteiger charge is 2.33. The number of amides is 1. The van der Waals surface area contributed by atoms with Crippen molar-refractivity contribution in [2.75, 3.05) is 26.7 Å². The van der Waals surface area contributed by atoms with Crippen molar-refractivity contribution < 1.29 is 18.3 Å². The molecule has 1 aliphatic heterocycles. The molecule has 0 radical (unpaired) electrons. The lowest BCUT2D eigenvalue weighted by atomic mass is 10.1. The quantitative estimate of drug-likeness (QED) is 0.853. The molecule has 0 bridgehead atoms. The van der Waals surface area contributed by atoms with Gasteiger partial charge in [0.05, 0.1) is 7.11 Å². The van der Waals surface area contributed by atoms with Crippen LogP contribution in [-0.2, 0) is 0 Å². The van der Waals surface area contributed by atoms with Crippen molar-refractivity contribution in [3.8, 4) is 5.75 Å². The summed E-state index contributed by atoms with van der Waals surface area (Å²) >= 11 is 0. The van der Waals surface area contributed by atoms with E-state index in [4.69, 9.17) is 4.74 Å². The molecular formula is C17H24F2N2O2. The number of nitrogens with zero attached hydrogens (tertiary/aromatic N) is 2. The number of hydrogen-bond donors (Lipinski definition) is 0. The molecule has 23 heavy (non-hydrogen) atoms. The van der Waals surface area contributed by atoms with Crippen LogP contribution >= 0.6 is 0 Å². The van der Waals surface area contributed by atoms with Gasteiger partial charge in [0.15, 0.2) is 11.6 Å². The lowest BCUT2D eigenvalue weighted by molar-refractivity contribution is 0.0364. The van der Waals surface area contributed by atoms with Crippen LogP contribution in [0.3, 0.4) is 0 Å². The summed E-state index contributed by atoms with van der Waals surface area (Å²) < 4.78 is 33.2. The molecule has 128 valence electrons. The molecule has 6 heteroatoms. The second-order valence-electron chi connectivity index (χ2n) is 6.08. The van der Waals surface area contributed by atoms with E-state index in [0.29, 0.717) is 25.7 Å². The second-order valence-corrected chi connectivity index (χ2v) is 6.08. The Morgan fingerprint density at radius 3 is 2.61 bits per heavy atom. The van der Waals surface area contributed by atoms with Gasteiger partial charge in [-0.3, -0.25) is 9.69 Å². The van der Waals surface area contributed by atoms with Crippen LogP contribution in [0.4, 0.5) is 8.78 Å². The van der Waals surface area contributed by atoms with Gasteiger partial charge in [-0.1, -0.05) is 6.92 Å². The third-order valence-electron chi connectivity index (χ3n) is 4.44. The first kappa shape index (κ1) is 17.7. The van der Waals surface area contributed by atoms with Crippen molar-refractivity contribution in [1.82, 2.24) is 9.80 Å². The molecular weight excluding hydrogens is 302 g/mol. The van der Waals surface area contributed by atoms with Gasteiger partial charge in [0, 0.05) is 31.7 Å². The molecule has 1 saturated heterocycles. The summed E-state index contributed by atoms with van der Waals surface area (Å²) in [4.78, 5) is 16.5. The number of benzene rings is 1. The van der Waals surface area contributed by atoms with Gasteiger partial charge in [-0.2, -0.15) is 0 Å². The predicted molar refractivity (Wildman–Crippen MR) is 84.7 cm³/mol. The molecule has 0 aliphatic carbocycles. The van der Waals surface area contributed by atoms with Crippen LogP contribution < -0.4 is 4.74 Å². The van der Waals surface area contributed by atoms with Gasteiger partial charge < -0.3 is 9.64 Å². The van der Waals surface area contributed by atoms with E-state index in [1.807, 2.05) is 0 Å². The van der Waals surface area contributed by atoms with Crippen LogP contribution in [-0.4, -0.2) is 54.5 Å². The van der Waals surface area contributed by atoms with Gasteiger partial charge in [-0.25, -0.2) is 8.78 Å². The molecule has 1 heterocycles. The molecule has 1 amide bonds. The van der Waals surface area contributed by atoms with Gasteiger partial charge in [-0.15, -0.1) is 0 Å². The zero-order chi connectivity index (χ0) is 17.1. The Hall–Kier alpha value is -1.69. The van der Waals surface area contributed by atoms with E-state index in [1.165, 1.54) is 18.1 Å². The lowest BCUT2D eigenvalue weighted by Gasteiger charge is -2.43. The number of carbonyl (C=O) groups is 1. The average molecular weight is 326 g/mol. The number of rotatable bonds is 4. The van der Waals surface area contributed by atoms with E-state index in [9.17, 15) is 13.6 Å². The summed E-state index contributed by atoms with van der Waals surface area (Å²) in [5.74, 6) is -2.52. The lowest BCUT2D eigenvalue weighted by Crippen LogP contribution is -2.56. The van der Waals surface area contributed by atoms with E-state index in [-0.39, 0.29) is 11.8 Å². The number of halogens is 2. The maximum absolute atomic E-state index is 14.3. The fraction of sp³-hybridized carbons (Fsp3) is 0.588. The summed E-state index contributed by atoms with van der Waals surface area (Å²) in [5, 5.41) is 0. The van der Waals surface area contributed by atoms with Crippen molar-refractivity contribution in [1.29, 1.82) is 0 Å². The zero-order valence-corrected chi connectivity index (χ0v) is 14.1. The summed E-state index contributed by atoms with van der Waals surface area (Å²) in [6, 6.07) is 2.83. The normalized spacial score (nSPS) is 19.3. The van der Waals surface area contributed by atoms with Gasteiger partial charge in [0.25, 0.3) is 5.91 Å². The van der Waals surface area contributed by atoms with Gasteiger partial charge in [0.2, 0.25) is 0 Å². The molecule has 1 fully saturated rings. The summed E-state index contributed by atoms with van der Waals surface area (Å²) in [7, 11) is 1.29. The summed E-state index contributed by atoms with van der Waals surface area (Å²) in [6.07, 6.45) is 0.880. The molecule has 0 N–H and O–H groups in total. The van der Waals surface area contributed by atoms with Gasteiger partial charge >= 0.3 is 0 Å². The minimum atomic E-state index is -0.933. The predicted octanol–water partition coefficient (Wildman–Crippen LogP) is 2.92. The largest absolute Gasteiger partial charge is 0.494 e. The Labute approximate surface area is 136 Å². The SMILES string of the molecule is CC[C@H]1CN(C(=O)c2c(F)ccc(OC)c2F)CCN1C(C)C. The molecule has 4 nitrogen and oxygen atoms in total. The second kappa shape index (κ2) is 7.25. The van der Waals surface area contributed by atoms with Crippen LogP contribution in [0.5, 0.6) is 5.75 Å². The molecule has 1 aromatic rings. The molecule has 1 atom stereocenters. The van der Waals surface area contributed by atoms with Crippen molar-refractivity contribution >= 4 is 5.91 Å². The minimum absolute atomic E-state index is 0.123. The van der Waals surface area contributed by atoms with Crippen LogP contribution in [0.1, 0.15) is 37.6 Å².